The summed E-state index contributed by atoms with van der Waals surface area (Å²) >= 11 is 4.88. The smallest absolute Gasteiger partial charge is 0.284 e. The largest absolute Gasteiger partial charge is 0.485 e. The molecule has 0 aliphatic carbocycles. The Kier molecular flexibility index (Phi) is 4.21. The van der Waals surface area contributed by atoms with Crippen LogP contribution in [0.5, 0.6) is 11.5 Å². The highest BCUT2D eigenvalue weighted by Gasteiger charge is 2.26. The maximum atomic E-state index is 12.0. The van der Waals surface area contributed by atoms with Gasteiger partial charge >= 0.3 is 0 Å². The summed E-state index contributed by atoms with van der Waals surface area (Å²) in [6.07, 6.45) is 0.887. The lowest BCUT2D eigenvalue weighted by molar-refractivity contribution is -0.130. The van der Waals surface area contributed by atoms with Gasteiger partial charge in [-0.3, -0.25) is 4.79 Å². The first-order valence-corrected chi connectivity index (χ1v) is 7.85. The number of hydrogen-bond donors (Lipinski definition) is 1. The van der Waals surface area contributed by atoms with E-state index in [0.29, 0.717) is 11.5 Å². The van der Waals surface area contributed by atoms with Crippen LogP contribution in [0.4, 0.5) is 0 Å². The molecule has 7 heteroatoms. The first kappa shape index (κ1) is 14.1. The Balaban J connectivity index is 1.58. The average Bonchev–Trinajstić information content (AvgIpc) is 2.92. The Morgan fingerprint density at radius 2 is 2.24 bits per heavy atom. The molecule has 2 aromatic rings. The summed E-state index contributed by atoms with van der Waals surface area (Å²) in [5.74, 6) is 0.875. The van der Waals surface area contributed by atoms with Crippen molar-refractivity contribution in [2.45, 2.75) is 6.10 Å². The van der Waals surface area contributed by atoms with Gasteiger partial charge in [0.05, 0.1) is 6.21 Å². The Morgan fingerprint density at radius 1 is 1.43 bits per heavy atom. The molecule has 21 heavy (non-hydrogen) atoms. The predicted octanol–water partition coefficient (Wildman–Crippen LogP) is 2.80. The quantitative estimate of drug-likeness (QED) is 0.671. The molecule has 1 atom stereocenters. The summed E-state index contributed by atoms with van der Waals surface area (Å²) in [5, 5.41) is 5.86. The second kappa shape index (κ2) is 6.28. The fourth-order valence-electron chi connectivity index (χ4n) is 1.78. The van der Waals surface area contributed by atoms with Crippen molar-refractivity contribution >= 4 is 39.4 Å². The Hall–Kier alpha value is -1.86. The number of hydrogen-bond acceptors (Lipinski definition) is 5. The molecule has 1 aliphatic heterocycles. The minimum Gasteiger partial charge on any atom is -0.485 e. The molecule has 1 aromatic heterocycles. The zero-order valence-electron chi connectivity index (χ0n) is 10.8. The van der Waals surface area contributed by atoms with Crippen LogP contribution in [0.2, 0.25) is 0 Å². The maximum absolute atomic E-state index is 12.0. The summed E-state index contributed by atoms with van der Waals surface area (Å²) < 4.78 is 12.1. The van der Waals surface area contributed by atoms with Crippen molar-refractivity contribution in [3.63, 3.8) is 0 Å². The zero-order chi connectivity index (χ0) is 14.7. The fourth-order valence-corrected chi connectivity index (χ4v) is 3.08. The van der Waals surface area contributed by atoms with E-state index in [0.717, 1.165) is 9.35 Å². The van der Waals surface area contributed by atoms with Crippen molar-refractivity contribution in [2.24, 2.45) is 5.10 Å². The number of nitrogens with one attached hydrogen (secondary N) is 1. The van der Waals surface area contributed by atoms with E-state index in [1.165, 1.54) is 11.3 Å². The lowest BCUT2D eigenvalue weighted by atomic mass is 10.2. The molecule has 2 heterocycles. The van der Waals surface area contributed by atoms with Crippen molar-refractivity contribution in [3.8, 4) is 11.5 Å². The van der Waals surface area contributed by atoms with Crippen LogP contribution in [-0.2, 0) is 4.79 Å². The number of rotatable bonds is 3. The van der Waals surface area contributed by atoms with Crippen molar-refractivity contribution < 1.29 is 14.3 Å². The molecular weight excluding hydrogens is 356 g/mol. The SMILES string of the molecule is O=C(N/N=C/c1cc(Br)cs1)[C@H]1COc2ccccc2O1. The predicted molar refractivity (Wildman–Crippen MR) is 84.1 cm³/mol. The van der Waals surface area contributed by atoms with E-state index < -0.39 is 6.10 Å². The van der Waals surface area contributed by atoms with Crippen LogP contribution in [-0.4, -0.2) is 24.8 Å². The van der Waals surface area contributed by atoms with Gasteiger partial charge in [0.15, 0.2) is 11.5 Å². The summed E-state index contributed by atoms with van der Waals surface area (Å²) in [5.41, 5.74) is 2.46. The van der Waals surface area contributed by atoms with E-state index in [4.69, 9.17) is 9.47 Å². The van der Waals surface area contributed by atoms with Crippen LogP contribution in [0, 0.1) is 0 Å². The topological polar surface area (TPSA) is 59.9 Å². The molecule has 0 saturated carbocycles. The van der Waals surface area contributed by atoms with Crippen LogP contribution in [0.15, 0.2) is 45.3 Å². The van der Waals surface area contributed by atoms with Gasteiger partial charge in [-0.05, 0) is 34.1 Å². The molecule has 1 aromatic carbocycles. The number of benzene rings is 1. The van der Waals surface area contributed by atoms with Gasteiger partial charge in [0.2, 0.25) is 6.10 Å². The monoisotopic (exact) mass is 366 g/mol. The summed E-state index contributed by atoms with van der Waals surface area (Å²) in [6.45, 7) is 0.170. The first-order chi connectivity index (χ1) is 10.2. The van der Waals surface area contributed by atoms with Gasteiger partial charge in [-0.2, -0.15) is 5.10 Å². The number of halogens is 1. The highest BCUT2D eigenvalue weighted by molar-refractivity contribution is 9.10. The standard InChI is InChI=1S/C14H11BrN2O3S/c15-9-5-10(21-8-9)6-16-17-14(18)13-7-19-11-3-1-2-4-12(11)20-13/h1-6,8,13H,7H2,(H,17,18)/b16-6+/t13-/m1/s1. The van der Waals surface area contributed by atoms with Gasteiger partial charge in [0, 0.05) is 14.7 Å². The van der Waals surface area contributed by atoms with Gasteiger partial charge in [-0.15, -0.1) is 11.3 Å². The van der Waals surface area contributed by atoms with Gasteiger partial charge in [0.1, 0.15) is 6.61 Å². The van der Waals surface area contributed by atoms with Crippen molar-refractivity contribution in [2.75, 3.05) is 6.61 Å². The van der Waals surface area contributed by atoms with E-state index in [2.05, 4.69) is 26.5 Å². The lowest BCUT2D eigenvalue weighted by Gasteiger charge is -2.24. The highest BCUT2D eigenvalue weighted by Crippen LogP contribution is 2.30. The van der Waals surface area contributed by atoms with Gasteiger partial charge < -0.3 is 9.47 Å². The number of amides is 1. The Morgan fingerprint density at radius 3 is 3.00 bits per heavy atom. The van der Waals surface area contributed by atoms with E-state index in [1.807, 2.05) is 23.6 Å². The maximum Gasteiger partial charge on any atom is 0.284 e. The minimum absolute atomic E-state index is 0.170. The number of ether oxygens (including phenoxy) is 2. The molecule has 5 nitrogen and oxygen atoms in total. The average molecular weight is 367 g/mol. The second-order valence-corrected chi connectivity index (χ2v) is 6.12. The van der Waals surface area contributed by atoms with Crippen molar-refractivity contribution in [1.82, 2.24) is 5.43 Å². The van der Waals surface area contributed by atoms with Crippen molar-refractivity contribution in [1.29, 1.82) is 0 Å². The Bertz CT molecular complexity index is 686. The Labute approximate surface area is 133 Å². The first-order valence-electron chi connectivity index (χ1n) is 6.18. The molecule has 0 unspecified atom stereocenters. The third-order valence-electron chi connectivity index (χ3n) is 2.76. The van der Waals surface area contributed by atoms with Crippen LogP contribution < -0.4 is 14.9 Å². The number of nitrogens with zero attached hydrogens (tertiary/aromatic N) is 1. The summed E-state index contributed by atoms with van der Waals surface area (Å²) in [4.78, 5) is 12.9. The van der Waals surface area contributed by atoms with Gasteiger partial charge in [-0.25, -0.2) is 5.43 Å². The minimum atomic E-state index is -0.702. The molecule has 1 aliphatic rings. The van der Waals surface area contributed by atoms with Crippen LogP contribution in [0.25, 0.3) is 0 Å². The van der Waals surface area contributed by atoms with Crippen LogP contribution in [0.1, 0.15) is 4.88 Å². The normalized spacial score (nSPS) is 16.9. The molecule has 3 rings (SSSR count). The third-order valence-corrected chi connectivity index (χ3v) is 4.38. The lowest BCUT2D eigenvalue weighted by Crippen LogP contribution is -2.42. The number of fused-ring (bicyclic) bond motifs is 1. The summed E-state index contributed by atoms with van der Waals surface area (Å²) in [7, 11) is 0. The fraction of sp³-hybridized carbons (Fsp3) is 0.143. The molecule has 0 fully saturated rings. The summed E-state index contributed by atoms with van der Waals surface area (Å²) in [6, 6.07) is 9.16. The van der Waals surface area contributed by atoms with Crippen molar-refractivity contribution in [3.05, 3.63) is 45.1 Å². The van der Waals surface area contributed by atoms with E-state index >= 15 is 0 Å². The zero-order valence-corrected chi connectivity index (χ0v) is 13.2. The number of thiophene rings is 1. The molecule has 0 radical (unpaired) electrons. The van der Waals surface area contributed by atoms with Gasteiger partial charge in [0.25, 0.3) is 5.91 Å². The molecule has 1 amide bonds. The van der Waals surface area contributed by atoms with Crippen LogP contribution in [0.3, 0.4) is 0 Å². The highest BCUT2D eigenvalue weighted by atomic mass is 79.9. The molecule has 0 spiro atoms. The molecule has 108 valence electrons. The number of para-hydroxylation sites is 2. The number of carbonyl (C=O) groups is 1. The molecule has 1 N–H and O–H groups in total. The molecular formula is C14H11BrN2O3S. The van der Waals surface area contributed by atoms with Gasteiger partial charge in [-0.1, -0.05) is 12.1 Å². The van der Waals surface area contributed by atoms with E-state index in [9.17, 15) is 4.79 Å². The number of carbonyl (C=O) groups excluding carboxylic acids is 1. The third kappa shape index (κ3) is 3.43. The van der Waals surface area contributed by atoms with Crippen LogP contribution >= 0.6 is 27.3 Å². The number of hydrazone groups is 1. The second-order valence-electron chi connectivity index (χ2n) is 4.27. The molecule has 0 bridgehead atoms. The molecule has 0 saturated heterocycles. The van der Waals surface area contributed by atoms with E-state index in [-0.39, 0.29) is 12.5 Å². The van der Waals surface area contributed by atoms with E-state index in [1.54, 1.807) is 18.3 Å².